The standard InChI is InChI=1S/C24H41NO2/c1-4-5-6-7-8-9-10-11-12-13-14-15-16-17-18-22-21(2)25(3)20-19-23(22)24(26)27/h19-20H,4-18H2,1-3H3/p+1. The molecule has 1 heterocycles. The van der Waals surface area contributed by atoms with Crippen LogP contribution in [0.5, 0.6) is 0 Å². The van der Waals surface area contributed by atoms with Crippen molar-refractivity contribution in [3.8, 4) is 0 Å². The minimum atomic E-state index is -0.806. The summed E-state index contributed by atoms with van der Waals surface area (Å²) in [4.78, 5) is 11.4. The number of aryl methyl sites for hydroxylation is 1. The molecule has 154 valence electrons. The highest BCUT2D eigenvalue weighted by Gasteiger charge is 2.17. The maximum Gasteiger partial charge on any atom is 0.336 e. The monoisotopic (exact) mass is 376 g/mol. The second-order valence-corrected chi connectivity index (χ2v) is 8.06. The summed E-state index contributed by atoms with van der Waals surface area (Å²) in [7, 11) is 1.98. The highest BCUT2D eigenvalue weighted by Crippen LogP contribution is 2.17. The zero-order chi connectivity index (χ0) is 19.9. The summed E-state index contributed by atoms with van der Waals surface area (Å²) < 4.78 is 2.02. The first-order chi connectivity index (χ1) is 13.1. The van der Waals surface area contributed by atoms with Gasteiger partial charge in [0.25, 0.3) is 0 Å². The van der Waals surface area contributed by atoms with Gasteiger partial charge in [0.05, 0.1) is 5.56 Å². The van der Waals surface area contributed by atoms with Gasteiger partial charge in [-0.15, -0.1) is 0 Å². The van der Waals surface area contributed by atoms with Crippen molar-refractivity contribution in [2.45, 2.75) is 110 Å². The maximum atomic E-state index is 11.4. The molecule has 0 fully saturated rings. The van der Waals surface area contributed by atoms with Crippen molar-refractivity contribution in [3.05, 3.63) is 29.1 Å². The molecule has 0 aliphatic carbocycles. The van der Waals surface area contributed by atoms with E-state index in [0.717, 1.165) is 24.1 Å². The molecule has 1 N–H and O–H groups in total. The van der Waals surface area contributed by atoms with Crippen LogP contribution >= 0.6 is 0 Å². The fraction of sp³-hybridized carbons (Fsp3) is 0.750. The van der Waals surface area contributed by atoms with E-state index >= 15 is 0 Å². The average molecular weight is 377 g/mol. The predicted octanol–water partition coefficient (Wildman–Crippen LogP) is 6.54. The van der Waals surface area contributed by atoms with E-state index in [-0.39, 0.29) is 0 Å². The molecule has 0 saturated heterocycles. The Balaban J connectivity index is 2.05. The van der Waals surface area contributed by atoms with Crippen LogP contribution in [0, 0.1) is 6.92 Å². The Morgan fingerprint density at radius 1 is 0.852 bits per heavy atom. The van der Waals surface area contributed by atoms with Gasteiger partial charge in [0, 0.05) is 18.6 Å². The molecule has 0 aliphatic rings. The number of aromatic nitrogens is 1. The van der Waals surface area contributed by atoms with Crippen LogP contribution in [0.25, 0.3) is 0 Å². The number of hydrogen-bond donors (Lipinski definition) is 1. The summed E-state index contributed by atoms with van der Waals surface area (Å²) in [5.74, 6) is -0.806. The first-order valence-corrected chi connectivity index (χ1v) is 11.3. The Hall–Kier alpha value is -1.38. The van der Waals surface area contributed by atoms with E-state index < -0.39 is 5.97 Å². The third kappa shape index (κ3) is 9.93. The lowest BCUT2D eigenvalue weighted by Gasteiger charge is -2.08. The first-order valence-electron chi connectivity index (χ1n) is 11.3. The first kappa shape index (κ1) is 23.7. The zero-order valence-electron chi connectivity index (χ0n) is 18.1. The Bertz CT molecular complexity index is 539. The van der Waals surface area contributed by atoms with Crippen molar-refractivity contribution in [1.82, 2.24) is 0 Å². The van der Waals surface area contributed by atoms with E-state index in [1.807, 2.05) is 24.7 Å². The topological polar surface area (TPSA) is 41.2 Å². The number of carbonyl (C=O) groups is 1. The number of nitrogens with zero attached hydrogens (tertiary/aromatic N) is 1. The van der Waals surface area contributed by atoms with Gasteiger partial charge >= 0.3 is 5.97 Å². The van der Waals surface area contributed by atoms with Gasteiger partial charge < -0.3 is 5.11 Å². The summed E-state index contributed by atoms with van der Waals surface area (Å²) in [6, 6.07) is 1.73. The van der Waals surface area contributed by atoms with E-state index in [2.05, 4.69) is 6.92 Å². The summed E-state index contributed by atoms with van der Waals surface area (Å²) in [6.45, 7) is 4.29. The van der Waals surface area contributed by atoms with Gasteiger partial charge in [0.2, 0.25) is 0 Å². The number of rotatable bonds is 16. The quantitative estimate of drug-likeness (QED) is 0.263. The van der Waals surface area contributed by atoms with Crippen LogP contribution in [0.4, 0.5) is 0 Å². The number of carboxylic acid groups (broad SMARTS) is 1. The molecule has 0 saturated carbocycles. The van der Waals surface area contributed by atoms with Gasteiger partial charge in [-0.2, -0.15) is 0 Å². The van der Waals surface area contributed by atoms with E-state index in [1.54, 1.807) is 6.07 Å². The lowest BCUT2D eigenvalue weighted by Crippen LogP contribution is -2.33. The Morgan fingerprint density at radius 2 is 1.30 bits per heavy atom. The summed E-state index contributed by atoms with van der Waals surface area (Å²) >= 11 is 0. The van der Waals surface area contributed by atoms with Crippen LogP contribution < -0.4 is 4.57 Å². The van der Waals surface area contributed by atoms with Crippen molar-refractivity contribution in [1.29, 1.82) is 0 Å². The minimum Gasteiger partial charge on any atom is -0.478 e. The molecule has 0 atom stereocenters. The van der Waals surface area contributed by atoms with Crippen molar-refractivity contribution in [2.75, 3.05) is 0 Å². The molecule has 0 unspecified atom stereocenters. The van der Waals surface area contributed by atoms with Crippen molar-refractivity contribution >= 4 is 5.97 Å². The molecule has 0 aliphatic heterocycles. The molecular formula is C24H42NO2+. The third-order valence-electron chi connectivity index (χ3n) is 5.77. The smallest absolute Gasteiger partial charge is 0.336 e. The van der Waals surface area contributed by atoms with Gasteiger partial charge in [-0.25, -0.2) is 9.36 Å². The van der Waals surface area contributed by atoms with Crippen LogP contribution in [-0.4, -0.2) is 11.1 Å². The van der Waals surface area contributed by atoms with Crippen LogP contribution in [0.1, 0.15) is 118 Å². The van der Waals surface area contributed by atoms with E-state index in [9.17, 15) is 9.90 Å². The van der Waals surface area contributed by atoms with Crippen LogP contribution in [0.15, 0.2) is 12.3 Å². The Kier molecular flexibility index (Phi) is 12.8. The third-order valence-corrected chi connectivity index (χ3v) is 5.77. The van der Waals surface area contributed by atoms with Gasteiger partial charge in [-0.1, -0.05) is 90.4 Å². The van der Waals surface area contributed by atoms with E-state index in [1.165, 1.54) is 83.5 Å². The van der Waals surface area contributed by atoms with Crippen molar-refractivity contribution in [3.63, 3.8) is 0 Å². The molecule has 27 heavy (non-hydrogen) atoms. The van der Waals surface area contributed by atoms with Gasteiger partial charge in [0.15, 0.2) is 11.9 Å². The van der Waals surface area contributed by atoms with E-state index in [0.29, 0.717) is 5.56 Å². The molecule has 1 aromatic heterocycles. The Morgan fingerprint density at radius 3 is 1.74 bits per heavy atom. The highest BCUT2D eigenvalue weighted by atomic mass is 16.4. The summed E-state index contributed by atoms with van der Waals surface area (Å²) in [6.07, 6.45) is 21.6. The molecule has 3 heteroatoms. The molecule has 3 nitrogen and oxygen atoms in total. The highest BCUT2D eigenvalue weighted by molar-refractivity contribution is 5.89. The number of unbranched alkanes of at least 4 members (excludes halogenated alkanes) is 13. The lowest BCUT2D eigenvalue weighted by atomic mass is 9.99. The molecule has 1 aromatic rings. The van der Waals surface area contributed by atoms with Crippen LogP contribution in [0.3, 0.4) is 0 Å². The average Bonchev–Trinajstić information content (AvgIpc) is 2.65. The van der Waals surface area contributed by atoms with Crippen molar-refractivity contribution < 1.29 is 14.5 Å². The van der Waals surface area contributed by atoms with E-state index in [4.69, 9.17) is 0 Å². The van der Waals surface area contributed by atoms with Gasteiger partial charge in [-0.05, 0) is 12.8 Å². The fourth-order valence-corrected chi connectivity index (χ4v) is 3.82. The number of aromatic carboxylic acids is 1. The normalized spacial score (nSPS) is 11.1. The van der Waals surface area contributed by atoms with Gasteiger partial charge in [0.1, 0.15) is 7.05 Å². The van der Waals surface area contributed by atoms with Crippen LogP contribution in [0.2, 0.25) is 0 Å². The number of carboxylic acids is 1. The van der Waals surface area contributed by atoms with Gasteiger partial charge in [-0.3, -0.25) is 0 Å². The molecule has 0 spiro atoms. The molecule has 0 bridgehead atoms. The maximum absolute atomic E-state index is 11.4. The molecule has 0 aromatic carbocycles. The molecule has 0 radical (unpaired) electrons. The minimum absolute atomic E-state index is 0.472. The zero-order valence-corrected chi connectivity index (χ0v) is 18.1. The Labute approximate surface area is 167 Å². The summed E-state index contributed by atoms with van der Waals surface area (Å²) in [5.41, 5.74) is 2.55. The summed E-state index contributed by atoms with van der Waals surface area (Å²) in [5, 5.41) is 9.39. The van der Waals surface area contributed by atoms with Crippen molar-refractivity contribution in [2.24, 2.45) is 7.05 Å². The molecule has 0 amide bonds. The SMILES string of the molecule is CCCCCCCCCCCCCCCCc1c(C(=O)O)cc[n+](C)c1C. The second-order valence-electron chi connectivity index (χ2n) is 8.06. The molecular weight excluding hydrogens is 334 g/mol. The fourth-order valence-electron chi connectivity index (χ4n) is 3.82. The second kappa shape index (κ2) is 14.6. The molecule has 1 rings (SSSR count). The van der Waals surface area contributed by atoms with Crippen LogP contribution in [-0.2, 0) is 13.5 Å². The number of pyridine rings is 1. The lowest BCUT2D eigenvalue weighted by molar-refractivity contribution is -0.678. The predicted molar refractivity (Wildman–Crippen MR) is 113 cm³/mol. The number of hydrogen-bond acceptors (Lipinski definition) is 1. The largest absolute Gasteiger partial charge is 0.478 e.